The van der Waals surface area contributed by atoms with Gasteiger partial charge in [-0.25, -0.2) is 8.42 Å². The van der Waals surface area contributed by atoms with Gasteiger partial charge < -0.3 is 5.32 Å². The molecule has 1 atom stereocenters. The first-order valence-corrected chi connectivity index (χ1v) is 12.3. The second kappa shape index (κ2) is 9.43. The van der Waals surface area contributed by atoms with Crippen LogP contribution in [0.15, 0.2) is 50.9 Å². The lowest BCUT2D eigenvalue weighted by Gasteiger charge is -2.30. The van der Waals surface area contributed by atoms with Crippen LogP contribution in [0, 0.1) is 5.92 Å². The molecule has 9 heteroatoms. The topological polar surface area (TPSA) is 66.5 Å². The van der Waals surface area contributed by atoms with Gasteiger partial charge in [0.25, 0.3) is 10.0 Å². The van der Waals surface area contributed by atoms with Crippen molar-refractivity contribution in [2.45, 2.75) is 21.9 Å². The Morgan fingerprint density at radius 3 is 2.78 bits per heavy atom. The Morgan fingerprint density at radius 2 is 2.07 bits per heavy atom. The van der Waals surface area contributed by atoms with E-state index in [2.05, 4.69) is 5.32 Å². The highest BCUT2D eigenvalue weighted by Gasteiger charge is 2.33. The molecule has 146 valence electrons. The van der Waals surface area contributed by atoms with Crippen LogP contribution >= 0.6 is 34.7 Å². The fourth-order valence-corrected chi connectivity index (χ4v) is 6.49. The molecule has 1 aromatic heterocycles. The summed E-state index contributed by atoms with van der Waals surface area (Å²) in [5, 5.41) is 5.39. The number of thiophene rings is 1. The fourth-order valence-electron chi connectivity index (χ4n) is 2.93. The van der Waals surface area contributed by atoms with Crippen molar-refractivity contribution >= 4 is 50.6 Å². The first kappa shape index (κ1) is 20.7. The Morgan fingerprint density at radius 1 is 1.30 bits per heavy atom. The fraction of sp³-hybridized carbons (Fsp3) is 0.389. The second-order valence-electron chi connectivity index (χ2n) is 6.23. The van der Waals surface area contributed by atoms with Gasteiger partial charge in [0.2, 0.25) is 5.91 Å². The molecule has 27 heavy (non-hydrogen) atoms. The van der Waals surface area contributed by atoms with Crippen LogP contribution in [-0.2, 0) is 14.8 Å². The number of piperidine rings is 1. The zero-order valence-electron chi connectivity index (χ0n) is 14.6. The number of hydrogen-bond donors (Lipinski definition) is 1. The summed E-state index contributed by atoms with van der Waals surface area (Å²) >= 11 is 8.71. The van der Waals surface area contributed by atoms with Crippen molar-refractivity contribution in [1.29, 1.82) is 0 Å². The van der Waals surface area contributed by atoms with Crippen molar-refractivity contribution in [3.63, 3.8) is 0 Å². The molecule has 0 radical (unpaired) electrons. The van der Waals surface area contributed by atoms with Gasteiger partial charge in [0.05, 0.1) is 5.92 Å². The monoisotopic (exact) mass is 444 g/mol. The van der Waals surface area contributed by atoms with Crippen molar-refractivity contribution < 1.29 is 13.2 Å². The van der Waals surface area contributed by atoms with Gasteiger partial charge in [-0.3, -0.25) is 4.79 Å². The Bertz CT molecular complexity index is 854. The minimum Gasteiger partial charge on any atom is -0.355 e. The molecular formula is C18H21ClN2O3S3. The molecule has 1 N–H and O–H groups in total. The predicted octanol–water partition coefficient (Wildman–Crippen LogP) is 3.71. The molecule has 2 aromatic rings. The summed E-state index contributed by atoms with van der Waals surface area (Å²) in [5.74, 6) is 0.379. The van der Waals surface area contributed by atoms with E-state index in [-0.39, 0.29) is 18.4 Å². The molecule has 1 saturated heterocycles. The molecule has 1 fully saturated rings. The number of nitrogens with one attached hydrogen (secondary N) is 1. The number of hydrogen-bond acceptors (Lipinski definition) is 5. The normalized spacial score (nSPS) is 18.3. The molecule has 0 saturated carbocycles. The van der Waals surface area contributed by atoms with Gasteiger partial charge in [-0.05, 0) is 48.6 Å². The molecule has 0 aliphatic carbocycles. The van der Waals surface area contributed by atoms with E-state index >= 15 is 0 Å². The van der Waals surface area contributed by atoms with Gasteiger partial charge in [0.15, 0.2) is 0 Å². The SMILES string of the molecule is O=C(NCCSc1ccc(Cl)cc1)[C@@H]1CCCN(S(=O)(=O)c2cccs2)C1. The van der Waals surface area contributed by atoms with Crippen LogP contribution in [0.5, 0.6) is 0 Å². The molecule has 1 aliphatic heterocycles. The molecule has 0 unspecified atom stereocenters. The number of halogens is 1. The van der Waals surface area contributed by atoms with E-state index in [0.717, 1.165) is 10.6 Å². The van der Waals surface area contributed by atoms with Crippen LogP contribution in [0.4, 0.5) is 0 Å². The van der Waals surface area contributed by atoms with E-state index in [0.29, 0.717) is 35.2 Å². The van der Waals surface area contributed by atoms with E-state index in [4.69, 9.17) is 11.6 Å². The van der Waals surface area contributed by atoms with Gasteiger partial charge in [0.1, 0.15) is 4.21 Å². The molecule has 1 aromatic carbocycles. The zero-order chi connectivity index (χ0) is 19.3. The maximum absolute atomic E-state index is 12.6. The molecule has 3 rings (SSSR count). The van der Waals surface area contributed by atoms with E-state index in [1.54, 1.807) is 29.3 Å². The van der Waals surface area contributed by atoms with Crippen LogP contribution in [0.1, 0.15) is 12.8 Å². The van der Waals surface area contributed by atoms with Crippen LogP contribution in [0.3, 0.4) is 0 Å². The lowest BCUT2D eigenvalue weighted by Crippen LogP contribution is -2.45. The van der Waals surface area contributed by atoms with Crippen molar-refractivity contribution in [2.75, 3.05) is 25.4 Å². The number of thioether (sulfide) groups is 1. The van der Waals surface area contributed by atoms with E-state index < -0.39 is 10.0 Å². The molecule has 5 nitrogen and oxygen atoms in total. The van der Waals surface area contributed by atoms with Gasteiger partial charge in [-0.15, -0.1) is 23.1 Å². The summed E-state index contributed by atoms with van der Waals surface area (Å²) in [7, 11) is -3.49. The molecule has 0 bridgehead atoms. The molecule has 1 amide bonds. The lowest BCUT2D eigenvalue weighted by molar-refractivity contribution is -0.125. The number of carbonyl (C=O) groups excluding carboxylic acids is 1. The summed E-state index contributed by atoms with van der Waals surface area (Å²) < 4.78 is 27.1. The van der Waals surface area contributed by atoms with Crippen LogP contribution in [-0.4, -0.2) is 44.0 Å². The number of amides is 1. The van der Waals surface area contributed by atoms with Crippen LogP contribution < -0.4 is 5.32 Å². The van der Waals surface area contributed by atoms with E-state index in [1.807, 2.05) is 24.3 Å². The van der Waals surface area contributed by atoms with Crippen LogP contribution in [0.2, 0.25) is 5.02 Å². The summed E-state index contributed by atoms with van der Waals surface area (Å²) in [6.07, 6.45) is 1.41. The Labute approximate surface area is 173 Å². The first-order chi connectivity index (χ1) is 13.0. The van der Waals surface area contributed by atoms with Crippen molar-refractivity contribution in [2.24, 2.45) is 5.92 Å². The zero-order valence-corrected chi connectivity index (χ0v) is 17.8. The number of benzene rings is 1. The Balaban J connectivity index is 1.47. The number of nitrogens with zero attached hydrogens (tertiary/aromatic N) is 1. The maximum atomic E-state index is 12.6. The third-order valence-electron chi connectivity index (χ3n) is 4.33. The van der Waals surface area contributed by atoms with E-state index in [1.165, 1.54) is 15.6 Å². The van der Waals surface area contributed by atoms with Crippen LogP contribution in [0.25, 0.3) is 0 Å². The summed E-state index contributed by atoms with van der Waals surface area (Å²) in [6.45, 7) is 1.26. The maximum Gasteiger partial charge on any atom is 0.252 e. The highest BCUT2D eigenvalue weighted by Crippen LogP contribution is 2.26. The molecule has 0 spiro atoms. The Kier molecular flexibility index (Phi) is 7.22. The number of rotatable bonds is 7. The van der Waals surface area contributed by atoms with Crippen molar-refractivity contribution in [3.05, 3.63) is 46.8 Å². The highest BCUT2D eigenvalue weighted by atomic mass is 35.5. The quantitative estimate of drug-likeness (QED) is 0.522. The van der Waals surface area contributed by atoms with Gasteiger partial charge in [0, 0.05) is 35.3 Å². The lowest BCUT2D eigenvalue weighted by atomic mass is 9.99. The third-order valence-corrected chi connectivity index (χ3v) is 8.83. The first-order valence-electron chi connectivity index (χ1n) is 8.66. The smallest absolute Gasteiger partial charge is 0.252 e. The number of carbonyl (C=O) groups is 1. The predicted molar refractivity (Wildman–Crippen MR) is 111 cm³/mol. The summed E-state index contributed by atoms with van der Waals surface area (Å²) in [4.78, 5) is 13.6. The molecule has 2 heterocycles. The van der Waals surface area contributed by atoms with Crippen molar-refractivity contribution in [3.8, 4) is 0 Å². The average molecular weight is 445 g/mol. The minimum atomic E-state index is -3.49. The van der Waals surface area contributed by atoms with Crippen molar-refractivity contribution in [1.82, 2.24) is 9.62 Å². The standard InChI is InChI=1S/C18H21ClN2O3S3/c19-15-5-7-16(8-6-15)25-12-9-20-18(22)14-3-1-10-21(13-14)27(23,24)17-4-2-11-26-17/h2,4-8,11,14H,1,3,9-10,12-13H2,(H,20,22)/t14-/m1/s1. The third kappa shape index (κ3) is 5.48. The molecular weight excluding hydrogens is 424 g/mol. The highest BCUT2D eigenvalue weighted by molar-refractivity contribution is 7.99. The van der Waals surface area contributed by atoms with Gasteiger partial charge in [-0.1, -0.05) is 17.7 Å². The minimum absolute atomic E-state index is 0.0715. The van der Waals surface area contributed by atoms with Gasteiger partial charge in [-0.2, -0.15) is 4.31 Å². The molecule has 1 aliphatic rings. The Hall–Kier alpha value is -1.06. The second-order valence-corrected chi connectivity index (χ2v) is 10.9. The summed E-state index contributed by atoms with van der Waals surface area (Å²) in [5.41, 5.74) is 0. The largest absolute Gasteiger partial charge is 0.355 e. The average Bonchev–Trinajstić information content (AvgIpc) is 3.22. The number of sulfonamides is 1. The van der Waals surface area contributed by atoms with Gasteiger partial charge >= 0.3 is 0 Å². The van der Waals surface area contributed by atoms with E-state index in [9.17, 15) is 13.2 Å². The summed E-state index contributed by atoms with van der Waals surface area (Å²) in [6, 6.07) is 10.9.